The van der Waals surface area contributed by atoms with Crippen molar-refractivity contribution in [2.75, 3.05) is 6.61 Å². The maximum absolute atomic E-state index is 11.4. The molecule has 0 saturated carbocycles. The Labute approximate surface area is 158 Å². The summed E-state index contributed by atoms with van der Waals surface area (Å²) in [5, 5.41) is 0. The van der Waals surface area contributed by atoms with Crippen molar-refractivity contribution in [3.63, 3.8) is 0 Å². The standard InChI is InChI=1S/C22H28O2Se/c1-7-24-20(23)14-16(2)10-13-25-17-8-9-18-19(15-17)22(5,6)12-11-21(18,3)4/h8-9,14-15H,7,11-12H2,1-6H3. The number of benzene rings is 1. The Balaban J connectivity index is 2.19. The molecule has 2 nitrogen and oxygen atoms in total. The molecule has 0 saturated heterocycles. The molecule has 0 radical (unpaired) electrons. The van der Waals surface area contributed by atoms with Crippen LogP contribution in [-0.4, -0.2) is 27.5 Å². The van der Waals surface area contributed by atoms with Gasteiger partial charge in [0, 0.05) is 0 Å². The fourth-order valence-corrected chi connectivity index (χ4v) is 4.54. The molecule has 0 spiro atoms. The molecule has 0 fully saturated rings. The summed E-state index contributed by atoms with van der Waals surface area (Å²) in [5.41, 5.74) is 4.18. The number of carbonyl (C=O) groups is 1. The van der Waals surface area contributed by atoms with Crippen molar-refractivity contribution in [1.82, 2.24) is 0 Å². The molecule has 134 valence electrons. The van der Waals surface area contributed by atoms with E-state index in [4.69, 9.17) is 4.74 Å². The van der Waals surface area contributed by atoms with Crippen LogP contribution in [0.4, 0.5) is 0 Å². The molecule has 3 heteroatoms. The Morgan fingerprint density at radius 1 is 1.20 bits per heavy atom. The van der Waals surface area contributed by atoms with E-state index >= 15 is 0 Å². The van der Waals surface area contributed by atoms with Gasteiger partial charge in [0.15, 0.2) is 0 Å². The normalized spacial score (nSPS) is 17.9. The zero-order valence-electron chi connectivity index (χ0n) is 16.2. The number of carbonyl (C=O) groups excluding carboxylic acids is 1. The van der Waals surface area contributed by atoms with Gasteiger partial charge in [-0.2, -0.15) is 0 Å². The first-order valence-corrected chi connectivity index (χ1v) is 10.5. The molecule has 25 heavy (non-hydrogen) atoms. The molecular formula is C22H28O2Se. The molecule has 0 N–H and O–H groups in total. The third-order valence-electron chi connectivity index (χ3n) is 4.86. The minimum absolute atomic E-state index is 0.0798. The van der Waals surface area contributed by atoms with Crippen LogP contribution in [0.15, 0.2) is 29.8 Å². The number of hydrogen-bond donors (Lipinski definition) is 0. The fraction of sp³-hybridized carbons (Fsp3) is 0.500. The zero-order valence-corrected chi connectivity index (χ0v) is 17.9. The topological polar surface area (TPSA) is 26.3 Å². The maximum atomic E-state index is 11.4. The van der Waals surface area contributed by atoms with Gasteiger partial charge in [0.2, 0.25) is 0 Å². The van der Waals surface area contributed by atoms with E-state index in [1.54, 1.807) is 6.92 Å². The van der Waals surface area contributed by atoms with Gasteiger partial charge >= 0.3 is 158 Å². The molecule has 1 aromatic rings. The Kier molecular flexibility index (Phi) is 6.20. The van der Waals surface area contributed by atoms with E-state index in [2.05, 4.69) is 56.6 Å². The summed E-state index contributed by atoms with van der Waals surface area (Å²) in [7, 11) is 0. The summed E-state index contributed by atoms with van der Waals surface area (Å²) in [4.78, 5) is 14.7. The molecule has 0 heterocycles. The molecule has 1 aliphatic rings. The van der Waals surface area contributed by atoms with Crippen LogP contribution in [0.3, 0.4) is 0 Å². The van der Waals surface area contributed by atoms with Crippen molar-refractivity contribution in [1.29, 1.82) is 0 Å². The number of fused-ring (bicyclic) bond motifs is 1. The van der Waals surface area contributed by atoms with Crippen LogP contribution in [0, 0.1) is 10.7 Å². The molecule has 1 aliphatic carbocycles. The summed E-state index contributed by atoms with van der Waals surface area (Å²) >= 11 is 0.0798. The quantitative estimate of drug-likeness (QED) is 0.332. The monoisotopic (exact) mass is 404 g/mol. The van der Waals surface area contributed by atoms with Gasteiger partial charge in [-0.05, 0) is 0 Å². The number of allylic oxidation sites excluding steroid dienone is 1. The third kappa shape index (κ3) is 5.00. The molecular weight excluding hydrogens is 375 g/mol. The summed E-state index contributed by atoms with van der Waals surface area (Å²) in [6, 6.07) is 6.88. The van der Waals surface area contributed by atoms with Crippen molar-refractivity contribution in [2.24, 2.45) is 0 Å². The number of hydrogen-bond acceptors (Lipinski definition) is 2. The van der Waals surface area contributed by atoms with Gasteiger partial charge in [-0.15, -0.1) is 0 Å². The van der Waals surface area contributed by atoms with Crippen LogP contribution in [0.2, 0.25) is 0 Å². The SMILES string of the molecule is CCOC(=O)C=C(C)C#C[Se]c1ccc2c(c1)C(C)(C)CCC2(C)C. The van der Waals surface area contributed by atoms with Crippen LogP contribution in [0.5, 0.6) is 0 Å². The second-order valence-corrected chi connectivity index (χ2v) is 9.73. The van der Waals surface area contributed by atoms with E-state index in [-0.39, 0.29) is 31.8 Å². The summed E-state index contributed by atoms with van der Waals surface area (Å²) in [5.74, 6) is 2.76. The van der Waals surface area contributed by atoms with Gasteiger partial charge in [0.05, 0.1) is 0 Å². The van der Waals surface area contributed by atoms with Crippen LogP contribution in [0.25, 0.3) is 0 Å². The second-order valence-electron chi connectivity index (χ2n) is 7.88. The van der Waals surface area contributed by atoms with Crippen molar-refractivity contribution in [2.45, 2.75) is 65.2 Å². The molecule has 1 aromatic carbocycles. The average Bonchev–Trinajstić information content (AvgIpc) is 2.52. The Bertz CT molecular complexity index is 745. The Morgan fingerprint density at radius 2 is 1.84 bits per heavy atom. The van der Waals surface area contributed by atoms with E-state index < -0.39 is 0 Å². The van der Waals surface area contributed by atoms with Crippen molar-refractivity contribution < 1.29 is 9.53 Å². The van der Waals surface area contributed by atoms with E-state index in [1.807, 2.05) is 6.92 Å². The van der Waals surface area contributed by atoms with E-state index in [1.165, 1.54) is 34.5 Å². The third-order valence-corrected chi connectivity index (χ3v) is 6.32. The predicted octanol–water partition coefficient (Wildman–Crippen LogP) is 3.84. The van der Waals surface area contributed by atoms with Crippen LogP contribution in [0.1, 0.15) is 65.5 Å². The van der Waals surface area contributed by atoms with Crippen LogP contribution in [-0.2, 0) is 20.4 Å². The minimum atomic E-state index is -0.320. The summed E-state index contributed by atoms with van der Waals surface area (Å²) < 4.78 is 6.20. The van der Waals surface area contributed by atoms with Gasteiger partial charge in [-0.1, -0.05) is 0 Å². The van der Waals surface area contributed by atoms with Gasteiger partial charge in [-0.25, -0.2) is 0 Å². The fourth-order valence-electron chi connectivity index (χ4n) is 3.19. The molecule has 0 aromatic heterocycles. The Hall–Kier alpha value is -1.49. The first-order valence-electron chi connectivity index (χ1n) is 8.83. The number of rotatable bonds is 3. The molecule has 2 rings (SSSR count). The summed E-state index contributed by atoms with van der Waals surface area (Å²) in [6.07, 6.45) is 3.91. The van der Waals surface area contributed by atoms with E-state index in [9.17, 15) is 4.79 Å². The van der Waals surface area contributed by atoms with Gasteiger partial charge in [0.25, 0.3) is 0 Å². The first-order chi connectivity index (χ1) is 11.7. The number of ether oxygens (including phenoxy) is 1. The van der Waals surface area contributed by atoms with Gasteiger partial charge < -0.3 is 0 Å². The van der Waals surface area contributed by atoms with Crippen molar-refractivity contribution in [3.8, 4) is 10.7 Å². The number of esters is 1. The van der Waals surface area contributed by atoms with Gasteiger partial charge in [-0.3, -0.25) is 0 Å². The molecule has 0 unspecified atom stereocenters. The van der Waals surface area contributed by atoms with E-state index in [0.717, 1.165) is 5.57 Å². The first kappa shape index (κ1) is 19.8. The average molecular weight is 403 g/mol. The predicted molar refractivity (Wildman–Crippen MR) is 105 cm³/mol. The molecule has 0 bridgehead atoms. The Morgan fingerprint density at radius 3 is 2.48 bits per heavy atom. The molecule has 0 atom stereocenters. The van der Waals surface area contributed by atoms with Crippen molar-refractivity contribution in [3.05, 3.63) is 41.0 Å². The summed E-state index contributed by atoms with van der Waals surface area (Å²) in [6.45, 7) is 13.4. The van der Waals surface area contributed by atoms with Crippen LogP contribution < -0.4 is 4.46 Å². The van der Waals surface area contributed by atoms with Gasteiger partial charge in [0.1, 0.15) is 0 Å². The van der Waals surface area contributed by atoms with E-state index in [0.29, 0.717) is 6.61 Å². The molecule has 0 amide bonds. The van der Waals surface area contributed by atoms with Crippen molar-refractivity contribution >= 4 is 25.4 Å². The second kappa shape index (κ2) is 7.81. The molecule has 0 aliphatic heterocycles. The zero-order chi connectivity index (χ0) is 18.7. The van der Waals surface area contributed by atoms with Crippen LogP contribution >= 0.6 is 0 Å².